The first kappa shape index (κ1) is 16.1. The minimum absolute atomic E-state index is 0.280. The minimum atomic E-state index is -3.46. The Hall–Kier alpha value is -1.76. The van der Waals surface area contributed by atoms with Crippen molar-refractivity contribution < 1.29 is 8.42 Å². The summed E-state index contributed by atoms with van der Waals surface area (Å²) in [6.07, 6.45) is 0. The van der Waals surface area contributed by atoms with Crippen LogP contribution in [0.3, 0.4) is 0 Å². The van der Waals surface area contributed by atoms with Crippen LogP contribution in [0.2, 0.25) is 5.02 Å². The third-order valence-electron chi connectivity index (χ3n) is 3.95. The average Bonchev–Trinajstić information content (AvgIpc) is 2.56. The van der Waals surface area contributed by atoms with E-state index in [-0.39, 0.29) is 4.90 Å². The molecule has 1 fully saturated rings. The number of halogens is 1. The van der Waals surface area contributed by atoms with Crippen LogP contribution in [0.25, 0.3) is 0 Å². The summed E-state index contributed by atoms with van der Waals surface area (Å²) >= 11 is 5.82. The Bertz CT molecular complexity index is 768. The van der Waals surface area contributed by atoms with E-state index in [0.717, 1.165) is 11.4 Å². The van der Waals surface area contributed by atoms with Crippen molar-refractivity contribution in [3.8, 4) is 0 Å². The fourth-order valence-electron chi connectivity index (χ4n) is 2.63. The first-order valence-electron chi connectivity index (χ1n) is 7.33. The number of sulfonamides is 1. The number of benzene rings is 2. The smallest absolute Gasteiger partial charge is 0.243 e. The standard InChI is InChI=1S/C16H18ClN3O2S/c17-13-1-7-16(8-2-13)23(21,22)20-11-9-19(10-12-20)15-5-3-14(18)4-6-15/h1-8H,9-12,18H2. The molecule has 0 amide bonds. The molecule has 0 unspecified atom stereocenters. The Morgan fingerprint density at radius 3 is 2.00 bits per heavy atom. The van der Waals surface area contributed by atoms with Crippen molar-refractivity contribution in [2.75, 3.05) is 36.8 Å². The predicted octanol–water partition coefficient (Wildman–Crippen LogP) is 2.43. The highest BCUT2D eigenvalue weighted by Gasteiger charge is 2.28. The van der Waals surface area contributed by atoms with Gasteiger partial charge in [0, 0.05) is 42.6 Å². The zero-order valence-electron chi connectivity index (χ0n) is 12.5. The van der Waals surface area contributed by atoms with Crippen molar-refractivity contribution >= 4 is 33.0 Å². The number of rotatable bonds is 3. The summed E-state index contributed by atoms with van der Waals surface area (Å²) in [5.41, 5.74) is 7.47. The first-order chi connectivity index (χ1) is 11.0. The largest absolute Gasteiger partial charge is 0.399 e. The molecule has 1 saturated heterocycles. The second kappa shape index (κ2) is 6.39. The Labute approximate surface area is 141 Å². The molecule has 122 valence electrons. The summed E-state index contributed by atoms with van der Waals surface area (Å²) in [6, 6.07) is 13.9. The lowest BCUT2D eigenvalue weighted by Gasteiger charge is -2.35. The van der Waals surface area contributed by atoms with Gasteiger partial charge in [-0.1, -0.05) is 11.6 Å². The van der Waals surface area contributed by atoms with Gasteiger partial charge in [0.25, 0.3) is 0 Å². The van der Waals surface area contributed by atoms with E-state index in [4.69, 9.17) is 17.3 Å². The monoisotopic (exact) mass is 351 g/mol. The highest BCUT2D eigenvalue weighted by molar-refractivity contribution is 7.89. The minimum Gasteiger partial charge on any atom is -0.399 e. The highest BCUT2D eigenvalue weighted by Crippen LogP contribution is 2.22. The van der Waals surface area contributed by atoms with Gasteiger partial charge in [-0.05, 0) is 48.5 Å². The molecule has 0 bridgehead atoms. The molecular weight excluding hydrogens is 334 g/mol. The maximum absolute atomic E-state index is 12.6. The van der Waals surface area contributed by atoms with Gasteiger partial charge in [-0.25, -0.2) is 8.42 Å². The fourth-order valence-corrected chi connectivity index (χ4v) is 4.18. The van der Waals surface area contributed by atoms with Crippen LogP contribution >= 0.6 is 11.6 Å². The van der Waals surface area contributed by atoms with Gasteiger partial charge in [0.2, 0.25) is 10.0 Å². The fraction of sp³-hybridized carbons (Fsp3) is 0.250. The third-order valence-corrected chi connectivity index (χ3v) is 6.11. The van der Waals surface area contributed by atoms with Crippen LogP contribution < -0.4 is 10.6 Å². The van der Waals surface area contributed by atoms with Crippen LogP contribution in [0.1, 0.15) is 0 Å². The molecule has 5 nitrogen and oxygen atoms in total. The number of nitrogens with two attached hydrogens (primary N) is 1. The molecule has 0 saturated carbocycles. The van der Waals surface area contributed by atoms with Crippen LogP contribution in [0.15, 0.2) is 53.4 Å². The second-order valence-electron chi connectivity index (χ2n) is 5.44. The van der Waals surface area contributed by atoms with E-state index in [1.165, 1.54) is 4.31 Å². The summed E-state index contributed by atoms with van der Waals surface area (Å²) in [4.78, 5) is 2.44. The molecule has 0 radical (unpaired) electrons. The summed E-state index contributed by atoms with van der Waals surface area (Å²) in [5.74, 6) is 0. The molecule has 0 aromatic heterocycles. The molecular formula is C16H18ClN3O2S. The van der Waals surface area contributed by atoms with Gasteiger partial charge in [0.05, 0.1) is 4.90 Å². The molecule has 3 rings (SSSR count). The summed E-state index contributed by atoms with van der Waals surface area (Å²) in [7, 11) is -3.46. The van der Waals surface area contributed by atoms with Crippen LogP contribution in [-0.4, -0.2) is 38.9 Å². The maximum atomic E-state index is 12.6. The normalized spacial score (nSPS) is 16.5. The Kier molecular flexibility index (Phi) is 4.48. The molecule has 1 aliphatic rings. The first-order valence-corrected chi connectivity index (χ1v) is 9.15. The molecule has 1 heterocycles. The zero-order chi connectivity index (χ0) is 16.4. The Morgan fingerprint density at radius 2 is 1.43 bits per heavy atom. The number of nitrogens with zero attached hydrogens (tertiary/aromatic N) is 2. The number of hydrogen-bond donors (Lipinski definition) is 1. The van der Waals surface area contributed by atoms with Crippen LogP contribution in [0, 0.1) is 0 Å². The molecule has 2 aromatic rings. The van der Waals surface area contributed by atoms with E-state index in [2.05, 4.69) is 4.90 Å². The van der Waals surface area contributed by atoms with Gasteiger partial charge < -0.3 is 10.6 Å². The molecule has 23 heavy (non-hydrogen) atoms. The number of hydrogen-bond acceptors (Lipinski definition) is 4. The van der Waals surface area contributed by atoms with Gasteiger partial charge in [-0.3, -0.25) is 0 Å². The van der Waals surface area contributed by atoms with E-state index in [9.17, 15) is 8.42 Å². The van der Waals surface area contributed by atoms with E-state index >= 15 is 0 Å². The second-order valence-corrected chi connectivity index (χ2v) is 7.81. The van der Waals surface area contributed by atoms with Gasteiger partial charge >= 0.3 is 0 Å². The number of nitrogen functional groups attached to an aromatic ring is 1. The molecule has 0 atom stereocenters. The Morgan fingerprint density at radius 1 is 0.870 bits per heavy atom. The van der Waals surface area contributed by atoms with E-state index < -0.39 is 10.0 Å². The lowest BCUT2D eigenvalue weighted by molar-refractivity contribution is 0.385. The number of anilines is 2. The van der Waals surface area contributed by atoms with Crippen LogP contribution in [0.4, 0.5) is 11.4 Å². The molecule has 1 aliphatic heterocycles. The van der Waals surface area contributed by atoms with Crippen molar-refractivity contribution in [3.05, 3.63) is 53.6 Å². The molecule has 0 aliphatic carbocycles. The van der Waals surface area contributed by atoms with Gasteiger partial charge in [-0.15, -0.1) is 0 Å². The van der Waals surface area contributed by atoms with Gasteiger partial charge in [-0.2, -0.15) is 4.31 Å². The SMILES string of the molecule is Nc1ccc(N2CCN(S(=O)(=O)c3ccc(Cl)cc3)CC2)cc1. The van der Waals surface area contributed by atoms with Crippen molar-refractivity contribution in [1.82, 2.24) is 4.31 Å². The quantitative estimate of drug-likeness (QED) is 0.862. The summed E-state index contributed by atoms with van der Waals surface area (Å²) < 4.78 is 26.8. The van der Waals surface area contributed by atoms with Crippen LogP contribution in [0.5, 0.6) is 0 Å². The predicted molar refractivity (Wildman–Crippen MR) is 93.3 cm³/mol. The molecule has 0 spiro atoms. The maximum Gasteiger partial charge on any atom is 0.243 e. The van der Waals surface area contributed by atoms with E-state index in [1.807, 2.05) is 24.3 Å². The van der Waals surface area contributed by atoms with E-state index in [0.29, 0.717) is 31.2 Å². The topological polar surface area (TPSA) is 66.6 Å². The molecule has 7 heteroatoms. The average molecular weight is 352 g/mol. The van der Waals surface area contributed by atoms with Crippen molar-refractivity contribution in [2.45, 2.75) is 4.90 Å². The Balaban J connectivity index is 1.70. The lowest BCUT2D eigenvalue weighted by Crippen LogP contribution is -2.48. The summed E-state index contributed by atoms with van der Waals surface area (Å²) in [5, 5.41) is 0.525. The summed E-state index contributed by atoms with van der Waals surface area (Å²) in [6.45, 7) is 2.21. The van der Waals surface area contributed by atoms with E-state index in [1.54, 1.807) is 24.3 Å². The lowest BCUT2D eigenvalue weighted by atomic mass is 10.2. The number of piperazine rings is 1. The van der Waals surface area contributed by atoms with Gasteiger partial charge in [0.15, 0.2) is 0 Å². The van der Waals surface area contributed by atoms with Crippen LogP contribution in [-0.2, 0) is 10.0 Å². The van der Waals surface area contributed by atoms with Gasteiger partial charge in [0.1, 0.15) is 0 Å². The zero-order valence-corrected chi connectivity index (χ0v) is 14.1. The molecule has 2 aromatic carbocycles. The van der Waals surface area contributed by atoms with Crippen molar-refractivity contribution in [2.24, 2.45) is 0 Å². The van der Waals surface area contributed by atoms with Crippen molar-refractivity contribution in [1.29, 1.82) is 0 Å². The third kappa shape index (κ3) is 3.44. The highest BCUT2D eigenvalue weighted by atomic mass is 35.5. The van der Waals surface area contributed by atoms with Crippen molar-refractivity contribution in [3.63, 3.8) is 0 Å². The molecule has 2 N–H and O–H groups in total.